The molecule has 1 aliphatic heterocycles. The Balaban J connectivity index is 2.02. The van der Waals surface area contributed by atoms with Gasteiger partial charge >= 0.3 is 6.09 Å². The topological polar surface area (TPSA) is 58.6 Å². The molecule has 1 aromatic rings. The van der Waals surface area contributed by atoms with Crippen LogP contribution in [-0.2, 0) is 9.53 Å². The lowest BCUT2D eigenvalue weighted by atomic mass is 10.2. The molecule has 20 heavy (non-hydrogen) atoms. The molecule has 2 rings (SSSR count). The Morgan fingerprint density at radius 3 is 3.00 bits per heavy atom. The van der Waals surface area contributed by atoms with E-state index in [1.54, 1.807) is 6.92 Å². The number of hydrogen-bond donors (Lipinski definition) is 1. The van der Waals surface area contributed by atoms with E-state index in [4.69, 9.17) is 4.74 Å². The number of amides is 2. The quantitative estimate of drug-likeness (QED) is 0.811. The van der Waals surface area contributed by atoms with Crippen molar-refractivity contribution >= 4 is 40.3 Å². The summed E-state index contributed by atoms with van der Waals surface area (Å²) in [7, 11) is 0. The van der Waals surface area contributed by atoms with Crippen molar-refractivity contribution in [1.82, 2.24) is 4.90 Å². The van der Waals surface area contributed by atoms with Crippen molar-refractivity contribution in [2.75, 3.05) is 18.5 Å². The lowest BCUT2D eigenvalue weighted by Gasteiger charge is -2.23. The van der Waals surface area contributed by atoms with E-state index >= 15 is 0 Å². The molecule has 1 aliphatic rings. The summed E-state index contributed by atoms with van der Waals surface area (Å²) in [4.78, 5) is 25.6. The van der Waals surface area contributed by atoms with Crippen LogP contribution in [0, 0.1) is 3.57 Å². The first-order valence-corrected chi connectivity index (χ1v) is 7.69. The fourth-order valence-electron chi connectivity index (χ4n) is 2.26. The van der Waals surface area contributed by atoms with Crippen LogP contribution in [0.1, 0.15) is 19.8 Å². The maximum absolute atomic E-state index is 12.3. The summed E-state index contributed by atoms with van der Waals surface area (Å²) in [6, 6.07) is 7.13. The molecule has 108 valence electrons. The molecular formula is C14H17IN2O3. The normalized spacial score (nSPS) is 17.9. The molecule has 6 heteroatoms. The molecule has 0 radical (unpaired) electrons. The van der Waals surface area contributed by atoms with Crippen LogP contribution in [0.15, 0.2) is 24.3 Å². The Morgan fingerprint density at radius 1 is 1.50 bits per heavy atom. The summed E-state index contributed by atoms with van der Waals surface area (Å²) in [5, 5.41) is 2.86. The highest BCUT2D eigenvalue weighted by Gasteiger charge is 2.34. The minimum Gasteiger partial charge on any atom is -0.450 e. The monoisotopic (exact) mass is 388 g/mol. The Labute approximate surface area is 131 Å². The number of carbonyl (C=O) groups is 2. The van der Waals surface area contributed by atoms with E-state index in [1.165, 1.54) is 4.90 Å². The van der Waals surface area contributed by atoms with Gasteiger partial charge in [-0.25, -0.2) is 4.79 Å². The van der Waals surface area contributed by atoms with Gasteiger partial charge in [0.1, 0.15) is 6.04 Å². The fraction of sp³-hybridized carbons (Fsp3) is 0.429. The summed E-state index contributed by atoms with van der Waals surface area (Å²) in [5.74, 6) is -0.155. The van der Waals surface area contributed by atoms with Crippen molar-refractivity contribution in [3.8, 4) is 0 Å². The van der Waals surface area contributed by atoms with Crippen LogP contribution >= 0.6 is 22.6 Å². The van der Waals surface area contributed by atoms with Gasteiger partial charge in [0.05, 0.1) is 6.61 Å². The lowest BCUT2D eigenvalue weighted by molar-refractivity contribution is -0.120. The number of benzene rings is 1. The number of nitrogens with zero attached hydrogens (tertiary/aromatic N) is 1. The third-order valence-corrected chi connectivity index (χ3v) is 3.82. The second kappa shape index (κ2) is 6.92. The molecule has 1 saturated heterocycles. The number of rotatable bonds is 3. The van der Waals surface area contributed by atoms with E-state index in [2.05, 4.69) is 27.9 Å². The maximum Gasteiger partial charge on any atom is 0.410 e. The van der Waals surface area contributed by atoms with Crippen molar-refractivity contribution in [2.45, 2.75) is 25.8 Å². The number of carbonyl (C=O) groups excluding carboxylic acids is 2. The number of ether oxygens (including phenoxy) is 1. The molecule has 0 saturated carbocycles. The highest BCUT2D eigenvalue weighted by atomic mass is 127. The van der Waals surface area contributed by atoms with Crippen LogP contribution in [-0.4, -0.2) is 36.1 Å². The maximum atomic E-state index is 12.3. The Kier molecular flexibility index (Phi) is 5.22. The zero-order valence-electron chi connectivity index (χ0n) is 11.3. The van der Waals surface area contributed by atoms with Crippen molar-refractivity contribution in [2.24, 2.45) is 0 Å². The molecular weight excluding hydrogens is 371 g/mol. The Bertz CT molecular complexity index is 507. The summed E-state index contributed by atoms with van der Waals surface area (Å²) >= 11 is 2.19. The third kappa shape index (κ3) is 3.62. The predicted molar refractivity (Wildman–Crippen MR) is 84.5 cm³/mol. The molecule has 5 nitrogen and oxygen atoms in total. The van der Waals surface area contributed by atoms with E-state index in [0.717, 1.165) is 15.7 Å². The second-order valence-corrected chi connectivity index (χ2v) is 5.80. The largest absolute Gasteiger partial charge is 0.450 e. The molecule has 1 heterocycles. The molecule has 1 aromatic carbocycles. The van der Waals surface area contributed by atoms with Crippen LogP contribution in [0.5, 0.6) is 0 Å². The molecule has 1 atom stereocenters. The Morgan fingerprint density at radius 2 is 2.30 bits per heavy atom. The van der Waals surface area contributed by atoms with E-state index in [0.29, 0.717) is 19.6 Å². The number of halogens is 1. The number of anilines is 1. The first kappa shape index (κ1) is 15.1. The molecule has 0 unspecified atom stereocenters. The van der Waals surface area contributed by atoms with Gasteiger partial charge in [-0.3, -0.25) is 9.69 Å². The van der Waals surface area contributed by atoms with Gasteiger partial charge in [-0.2, -0.15) is 0 Å². The Hall–Kier alpha value is -1.31. The summed E-state index contributed by atoms with van der Waals surface area (Å²) < 4.78 is 6.03. The SMILES string of the molecule is CCOC(=O)N1CCC[C@@H]1C(=O)Nc1cccc(I)c1. The van der Waals surface area contributed by atoms with Crippen LogP contribution in [0.2, 0.25) is 0 Å². The minimum absolute atomic E-state index is 0.155. The fourth-order valence-corrected chi connectivity index (χ4v) is 2.80. The number of nitrogens with one attached hydrogen (secondary N) is 1. The van der Waals surface area contributed by atoms with Gasteiger partial charge < -0.3 is 10.1 Å². The molecule has 2 amide bonds. The van der Waals surface area contributed by atoms with Gasteiger partial charge in [-0.1, -0.05) is 6.07 Å². The van der Waals surface area contributed by atoms with E-state index in [1.807, 2.05) is 24.3 Å². The van der Waals surface area contributed by atoms with Crippen LogP contribution in [0.4, 0.5) is 10.5 Å². The third-order valence-electron chi connectivity index (χ3n) is 3.15. The van der Waals surface area contributed by atoms with Gasteiger partial charge in [0, 0.05) is 15.8 Å². The standard InChI is InChI=1S/C14H17IN2O3/c1-2-20-14(19)17-8-4-7-12(17)13(18)16-11-6-3-5-10(15)9-11/h3,5-6,9,12H,2,4,7-8H2,1H3,(H,16,18)/t12-/m1/s1. The van der Waals surface area contributed by atoms with Gasteiger partial charge in [0.2, 0.25) is 5.91 Å². The second-order valence-electron chi connectivity index (χ2n) is 4.55. The van der Waals surface area contributed by atoms with Gasteiger partial charge in [-0.15, -0.1) is 0 Å². The smallest absolute Gasteiger partial charge is 0.410 e. The zero-order chi connectivity index (χ0) is 14.5. The summed E-state index contributed by atoms with van der Waals surface area (Å²) in [6.45, 7) is 2.65. The zero-order valence-corrected chi connectivity index (χ0v) is 13.4. The molecule has 0 aliphatic carbocycles. The first-order valence-electron chi connectivity index (χ1n) is 6.61. The molecule has 1 fully saturated rings. The van der Waals surface area contributed by atoms with Crippen molar-refractivity contribution < 1.29 is 14.3 Å². The van der Waals surface area contributed by atoms with E-state index in [-0.39, 0.29) is 5.91 Å². The van der Waals surface area contributed by atoms with Crippen LogP contribution in [0.3, 0.4) is 0 Å². The average molecular weight is 388 g/mol. The average Bonchev–Trinajstić information content (AvgIpc) is 2.88. The van der Waals surface area contributed by atoms with Gasteiger partial charge in [-0.05, 0) is 60.6 Å². The highest BCUT2D eigenvalue weighted by molar-refractivity contribution is 14.1. The molecule has 0 bridgehead atoms. The van der Waals surface area contributed by atoms with Crippen LogP contribution < -0.4 is 5.32 Å². The minimum atomic E-state index is -0.438. The van der Waals surface area contributed by atoms with Crippen molar-refractivity contribution in [3.05, 3.63) is 27.8 Å². The number of hydrogen-bond acceptors (Lipinski definition) is 3. The van der Waals surface area contributed by atoms with Gasteiger partial charge in [0.25, 0.3) is 0 Å². The summed E-state index contributed by atoms with van der Waals surface area (Å²) in [5.41, 5.74) is 0.748. The molecule has 0 spiro atoms. The van der Waals surface area contributed by atoms with Crippen molar-refractivity contribution in [3.63, 3.8) is 0 Å². The first-order chi connectivity index (χ1) is 9.61. The van der Waals surface area contributed by atoms with Crippen LogP contribution in [0.25, 0.3) is 0 Å². The molecule has 0 aromatic heterocycles. The van der Waals surface area contributed by atoms with E-state index in [9.17, 15) is 9.59 Å². The predicted octanol–water partition coefficient (Wildman–Crippen LogP) is 2.85. The lowest BCUT2D eigenvalue weighted by Crippen LogP contribution is -2.43. The molecule has 1 N–H and O–H groups in total. The van der Waals surface area contributed by atoms with E-state index < -0.39 is 12.1 Å². The van der Waals surface area contributed by atoms with Gasteiger partial charge in [0.15, 0.2) is 0 Å². The van der Waals surface area contributed by atoms with Crippen molar-refractivity contribution in [1.29, 1.82) is 0 Å². The highest BCUT2D eigenvalue weighted by Crippen LogP contribution is 2.20. The number of likely N-dealkylation sites (tertiary alicyclic amines) is 1. The summed E-state index contributed by atoms with van der Waals surface area (Å²) in [6.07, 6.45) is 1.09.